The zero-order chi connectivity index (χ0) is 8.48. The van der Waals surface area contributed by atoms with Gasteiger partial charge in [0.25, 0.3) is 0 Å². The molecule has 2 unspecified atom stereocenters. The van der Waals surface area contributed by atoms with Crippen molar-refractivity contribution in [2.24, 2.45) is 17.6 Å². The Bertz CT molecular complexity index is 131. The standard InChI is InChI=1S/C8H15F2N/c1-8(9,10)7-4-2-3-6(7)5-11/h6-7H,2-5,11H2,1H3. The minimum Gasteiger partial charge on any atom is -0.330 e. The number of alkyl halides is 2. The molecule has 1 aliphatic rings. The smallest absolute Gasteiger partial charge is 0.248 e. The molecule has 0 amide bonds. The summed E-state index contributed by atoms with van der Waals surface area (Å²) in [5.41, 5.74) is 5.39. The first-order chi connectivity index (χ1) is 5.05. The Morgan fingerprint density at radius 2 is 2.09 bits per heavy atom. The summed E-state index contributed by atoms with van der Waals surface area (Å²) in [5.74, 6) is -2.94. The van der Waals surface area contributed by atoms with E-state index in [2.05, 4.69) is 0 Å². The summed E-state index contributed by atoms with van der Waals surface area (Å²) in [4.78, 5) is 0. The largest absolute Gasteiger partial charge is 0.330 e. The van der Waals surface area contributed by atoms with E-state index in [0.29, 0.717) is 13.0 Å². The highest BCUT2D eigenvalue weighted by atomic mass is 19.3. The van der Waals surface area contributed by atoms with Crippen molar-refractivity contribution in [1.82, 2.24) is 0 Å². The normalized spacial score (nSPS) is 32.7. The van der Waals surface area contributed by atoms with E-state index < -0.39 is 11.8 Å². The molecule has 3 heteroatoms. The second-order valence-corrected chi connectivity index (χ2v) is 3.49. The van der Waals surface area contributed by atoms with Crippen LogP contribution in [0.4, 0.5) is 8.78 Å². The quantitative estimate of drug-likeness (QED) is 0.662. The van der Waals surface area contributed by atoms with Crippen LogP contribution in [-0.2, 0) is 0 Å². The Hall–Kier alpha value is -0.180. The molecular formula is C8H15F2N. The summed E-state index contributed by atoms with van der Waals surface area (Å²) in [7, 11) is 0. The van der Waals surface area contributed by atoms with Crippen molar-refractivity contribution in [3.8, 4) is 0 Å². The van der Waals surface area contributed by atoms with E-state index >= 15 is 0 Å². The SMILES string of the molecule is CC(F)(F)C1CCCC1CN. The first-order valence-electron chi connectivity index (χ1n) is 4.13. The fraction of sp³-hybridized carbons (Fsp3) is 1.00. The fourth-order valence-corrected chi connectivity index (χ4v) is 1.99. The summed E-state index contributed by atoms with van der Waals surface area (Å²) in [5, 5.41) is 0. The molecule has 11 heavy (non-hydrogen) atoms. The van der Waals surface area contributed by atoms with Gasteiger partial charge in [-0.2, -0.15) is 0 Å². The Kier molecular flexibility index (Phi) is 2.47. The maximum Gasteiger partial charge on any atom is 0.248 e. The van der Waals surface area contributed by atoms with Gasteiger partial charge < -0.3 is 5.73 Å². The number of hydrogen-bond donors (Lipinski definition) is 1. The summed E-state index contributed by atoms with van der Waals surface area (Å²) < 4.78 is 25.6. The molecule has 0 spiro atoms. The molecule has 1 aliphatic carbocycles. The molecule has 0 aromatic rings. The third-order valence-electron chi connectivity index (χ3n) is 2.61. The Morgan fingerprint density at radius 3 is 2.45 bits per heavy atom. The van der Waals surface area contributed by atoms with Crippen molar-refractivity contribution in [3.63, 3.8) is 0 Å². The summed E-state index contributed by atoms with van der Waals surface area (Å²) in [6.07, 6.45) is 2.44. The van der Waals surface area contributed by atoms with Crippen molar-refractivity contribution >= 4 is 0 Å². The van der Waals surface area contributed by atoms with Gasteiger partial charge in [-0.3, -0.25) is 0 Å². The molecule has 1 nitrogen and oxygen atoms in total. The zero-order valence-electron chi connectivity index (χ0n) is 6.82. The molecule has 0 bridgehead atoms. The van der Waals surface area contributed by atoms with Gasteiger partial charge in [0, 0.05) is 5.92 Å². The van der Waals surface area contributed by atoms with E-state index in [1.54, 1.807) is 0 Å². The minimum atomic E-state index is -2.53. The van der Waals surface area contributed by atoms with E-state index in [9.17, 15) is 8.78 Å². The van der Waals surface area contributed by atoms with Crippen molar-refractivity contribution in [1.29, 1.82) is 0 Å². The second-order valence-electron chi connectivity index (χ2n) is 3.49. The van der Waals surface area contributed by atoms with E-state index in [1.165, 1.54) is 0 Å². The highest BCUT2D eigenvalue weighted by molar-refractivity contribution is 4.85. The highest BCUT2D eigenvalue weighted by Gasteiger charge is 2.41. The van der Waals surface area contributed by atoms with Crippen molar-refractivity contribution in [2.75, 3.05) is 6.54 Å². The average Bonchev–Trinajstić information content (AvgIpc) is 2.31. The summed E-state index contributed by atoms with van der Waals surface area (Å²) >= 11 is 0. The van der Waals surface area contributed by atoms with Crippen molar-refractivity contribution < 1.29 is 8.78 Å². The molecule has 0 aromatic carbocycles. The number of hydrogen-bond acceptors (Lipinski definition) is 1. The van der Waals surface area contributed by atoms with E-state index in [4.69, 9.17) is 5.73 Å². The molecule has 2 N–H and O–H groups in total. The predicted molar refractivity (Wildman–Crippen MR) is 40.5 cm³/mol. The van der Waals surface area contributed by atoms with Gasteiger partial charge >= 0.3 is 0 Å². The number of halogens is 2. The summed E-state index contributed by atoms with van der Waals surface area (Å²) in [6, 6.07) is 0. The van der Waals surface area contributed by atoms with Gasteiger partial charge in [-0.1, -0.05) is 6.42 Å². The van der Waals surface area contributed by atoms with Gasteiger partial charge in [0.15, 0.2) is 0 Å². The molecule has 0 aliphatic heterocycles. The van der Waals surface area contributed by atoms with E-state index in [0.717, 1.165) is 19.8 Å². The second kappa shape index (κ2) is 3.05. The topological polar surface area (TPSA) is 26.0 Å². The lowest BCUT2D eigenvalue weighted by atomic mass is 9.91. The van der Waals surface area contributed by atoms with Crippen LogP contribution in [0.2, 0.25) is 0 Å². The number of rotatable bonds is 2. The average molecular weight is 163 g/mol. The molecule has 2 atom stereocenters. The van der Waals surface area contributed by atoms with Crippen LogP contribution in [0.1, 0.15) is 26.2 Å². The first-order valence-corrected chi connectivity index (χ1v) is 4.13. The molecular weight excluding hydrogens is 148 g/mol. The summed E-state index contributed by atoms with van der Waals surface area (Å²) in [6.45, 7) is 1.42. The predicted octanol–water partition coefficient (Wildman–Crippen LogP) is 2.02. The van der Waals surface area contributed by atoms with Crippen LogP contribution in [0.25, 0.3) is 0 Å². The molecule has 1 rings (SSSR count). The van der Waals surface area contributed by atoms with Crippen LogP contribution < -0.4 is 5.73 Å². The molecule has 1 saturated carbocycles. The van der Waals surface area contributed by atoms with Crippen LogP contribution >= 0.6 is 0 Å². The van der Waals surface area contributed by atoms with Gasteiger partial charge in [0.2, 0.25) is 5.92 Å². The molecule has 0 radical (unpaired) electrons. The van der Waals surface area contributed by atoms with Crippen molar-refractivity contribution in [3.05, 3.63) is 0 Å². The molecule has 1 fully saturated rings. The van der Waals surface area contributed by atoms with Gasteiger partial charge in [0.05, 0.1) is 0 Å². The van der Waals surface area contributed by atoms with Crippen LogP contribution in [0.15, 0.2) is 0 Å². The van der Waals surface area contributed by atoms with Crippen LogP contribution in [0.3, 0.4) is 0 Å². The lowest BCUT2D eigenvalue weighted by Gasteiger charge is -2.24. The first kappa shape index (κ1) is 8.91. The molecule has 0 heterocycles. The minimum absolute atomic E-state index is 0.0509. The Morgan fingerprint density at radius 1 is 1.45 bits per heavy atom. The maximum absolute atomic E-state index is 12.8. The fourth-order valence-electron chi connectivity index (χ4n) is 1.99. The maximum atomic E-state index is 12.8. The van der Waals surface area contributed by atoms with Gasteiger partial charge in [-0.05, 0) is 32.2 Å². The lowest BCUT2D eigenvalue weighted by Crippen LogP contribution is -2.31. The third kappa shape index (κ3) is 1.89. The lowest BCUT2D eigenvalue weighted by molar-refractivity contribution is -0.0527. The van der Waals surface area contributed by atoms with Crippen LogP contribution in [0, 0.1) is 11.8 Å². The number of nitrogens with two attached hydrogens (primary N) is 1. The Balaban J connectivity index is 2.57. The third-order valence-corrected chi connectivity index (χ3v) is 2.61. The van der Waals surface area contributed by atoms with Crippen molar-refractivity contribution in [2.45, 2.75) is 32.1 Å². The van der Waals surface area contributed by atoms with E-state index in [-0.39, 0.29) is 5.92 Å². The van der Waals surface area contributed by atoms with Crippen LogP contribution in [-0.4, -0.2) is 12.5 Å². The zero-order valence-corrected chi connectivity index (χ0v) is 6.82. The Labute approximate surface area is 66.0 Å². The molecule has 66 valence electrons. The molecule has 0 saturated heterocycles. The van der Waals surface area contributed by atoms with Crippen LogP contribution in [0.5, 0.6) is 0 Å². The van der Waals surface area contributed by atoms with E-state index in [1.807, 2.05) is 0 Å². The van der Waals surface area contributed by atoms with Gasteiger partial charge in [-0.15, -0.1) is 0 Å². The highest BCUT2D eigenvalue weighted by Crippen LogP contribution is 2.41. The molecule has 0 aromatic heterocycles. The monoisotopic (exact) mass is 163 g/mol. The van der Waals surface area contributed by atoms with Gasteiger partial charge in [-0.25, -0.2) is 8.78 Å². The van der Waals surface area contributed by atoms with Gasteiger partial charge in [0.1, 0.15) is 0 Å².